The molecule has 0 amide bonds. The van der Waals surface area contributed by atoms with Crippen LogP contribution in [-0.4, -0.2) is 33.0 Å². The molecule has 1 aromatic carbocycles. The van der Waals surface area contributed by atoms with E-state index in [2.05, 4.69) is 9.62 Å². The number of likely N-dealkylation sites (tertiary alicyclic amines) is 1. The van der Waals surface area contributed by atoms with Gasteiger partial charge in [0.15, 0.2) is 0 Å². The molecular formula is C18H23FN2O3S. The SMILES string of the molecule is Cc1ccc(S(=O)(=O)NCC(c2ccco2)N2CCCCC2)cc1F. The summed E-state index contributed by atoms with van der Waals surface area (Å²) >= 11 is 0. The van der Waals surface area contributed by atoms with Gasteiger partial charge in [-0.25, -0.2) is 17.5 Å². The number of hydrogen-bond donors (Lipinski definition) is 1. The van der Waals surface area contributed by atoms with Gasteiger partial charge >= 0.3 is 0 Å². The molecule has 3 rings (SSSR count). The lowest BCUT2D eigenvalue weighted by Gasteiger charge is -2.33. The summed E-state index contributed by atoms with van der Waals surface area (Å²) in [6.07, 6.45) is 4.96. The van der Waals surface area contributed by atoms with Crippen LogP contribution in [0.15, 0.2) is 45.9 Å². The number of aryl methyl sites for hydroxylation is 1. The van der Waals surface area contributed by atoms with Gasteiger partial charge in [-0.15, -0.1) is 0 Å². The number of furan rings is 1. The van der Waals surface area contributed by atoms with Crippen molar-refractivity contribution in [2.75, 3.05) is 19.6 Å². The molecule has 0 saturated carbocycles. The third-order valence-corrected chi connectivity index (χ3v) is 6.04. The lowest BCUT2D eigenvalue weighted by atomic mass is 10.1. The zero-order valence-corrected chi connectivity index (χ0v) is 15.1. The van der Waals surface area contributed by atoms with Crippen LogP contribution >= 0.6 is 0 Å². The molecule has 7 heteroatoms. The molecule has 1 aliphatic rings. The highest BCUT2D eigenvalue weighted by Crippen LogP contribution is 2.25. The number of halogens is 1. The van der Waals surface area contributed by atoms with E-state index in [-0.39, 0.29) is 17.5 Å². The lowest BCUT2D eigenvalue weighted by Crippen LogP contribution is -2.40. The Hall–Kier alpha value is -1.70. The average Bonchev–Trinajstić information content (AvgIpc) is 3.12. The summed E-state index contributed by atoms with van der Waals surface area (Å²) in [4.78, 5) is 2.17. The van der Waals surface area contributed by atoms with Crippen LogP contribution in [0.3, 0.4) is 0 Å². The number of hydrogen-bond acceptors (Lipinski definition) is 4. The van der Waals surface area contributed by atoms with Gasteiger partial charge in [-0.2, -0.15) is 0 Å². The van der Waals surface area contributed by atoms with Gasteiger partial charge in [-0.1, -0.05) is 12.5 Å². The zero-order chi connectivity index (χ0) is 17.9. The summed E-state index contributed by atoms with van der Waals surface area (Å²) < 4.78 is 46.9. The second kappa shape index (κ2) is 7.68. The molecule has 1 unspecified atom stereocenters. The second-order valence-electron chi connectivity index (χ2n) is 6.39. The summed E-state index contributed by atoms with van der Waals surface area (Å²) in [5, 5.41) is 0. The summed E-state index contributed by atoms with van der Waals surface area (Å²) in [7, 11) is -3.78. The fourth-order valence-electron chi connectivity index (χ4n) is 3.13. The molecule has 1 fully saturated rings. The quantitative estimate of drug-likeness (QED) is 0.853. The van der Waals surface area contributed by atoms with E-state index in [0.717, 1.165) is 37.8 Å². The van der Waals surface area contributed by atoms with Gasteiger partial charge in [-0.3, -0.25) is 4.90 Å². The third kappa shape index (κ3) is 4.29. The fourth-order valence-corrected chi connectivity index (χ4v) is 4.18. The minimum absolute atomic E-state index is 0.0626. The molecule has 25 heavy (non-hydrogen) atoms. The average molecular weight is 366 g/mol. The Labute approximate surface area is 147 Å². The summed E-state index contributed by atoms with van der Waals surface area (Å²) in [6, 6.07) is 7.44. The van der Waals surface area contributed by atoms with Crippen molar-refractivity contribution in [2.24, 2.45) is 0 Å². The smallest absolute Gasteiger partial charge is 0.240 e. The Morgan fingerprint density at radius 2 is 2.00 bits per heavy atom. The van der Waals surface area contributed by atoms with E-state index in [1.807, 2.05) is 6.07 Å². The van der Waals surface area contributed by atoms with E-state index >= 15 is 0 Å². The van der Waals surface area contributed by atoms with Crippen molar-refractivity contribution in [2.45, 2.75) is 37.1 Å². The molecular weight excluding hydrogens is 343 g/mol. The van der Waals surface area contributed by atoms with Gasteiger partial charge in [0.2, 0.25) is 10.0 Å². The molecule has 1 aliphatic heterocycles. The van der Waals surface area contributed by atoms with Gasteiger partial charge < -0.3 is 4.42 Å². The van der Waals surface area contributed by atoms with E-state index in [9.17, 15) is 12.8 Å². The third-order valence-electron chi connectivity index (χ3n) is 4.62. The topological polar surface area (TPSA) is 62.6 Å². The first-order chi connectivity index (χ1) is 12.0. The summed E-state index contributed by atoms with van der Waals surface area (Å²) in [5.74, 6) is 0.209. The second-order valence-corrected chi connectivity index (χ2v) is 8.16. The lowest BCUT2D eigenvalue weighted by molar-refractivity contribution is 0.147. The molecule has 136 valence electrons. The largest absolute Gasteiger partial charge is 0.468 e. The van der Waals surface area contributed by atoms with E-state index in [4.69, 9.17) is 4.42 Å². The van der Waals surface area contributed by atoms with Crippen LogP contribution in [0, 0.1) is 12.7 Å². The van der Waals surface area contributed by atoms with E-state index in [1.165, 1.54) is 18.6 Å². The Morgan fingerprint density at radius 3 is 2.64 bits per heavy atom. The van der Waals surface area contributed by atoms with Crippen molar-refractivity contribution >= 4 is 10.0 Å². The number of sulfonamides is 1. The van der Waals surface area contributed by atoms with Crippen molar-refractivity contribution in [3.63, 3.8) is 0 Å². The predicted octanol–water partition coefficient (Wildman–Crippen LogP) is 3.23. The molecule has 0 bridgehead atoms. The highest BCUT2D eigenvalue weighted by atomic mass is 32.2. The fraction of sp³-hybridized carbons (Fsp3) is 0.444. The summed E-state index contributed by atoms with van der Waals surface area (Å²) in [5.41, 5.74) is 0.417. The van der Waals surface area contributed by atoms with Gasteiger partial charge in [0.05, 0.1) is 17.2 Å². The monoisotopic (exact) mass is 366 g/mol. The summed E-state index contributed by atoms with van der Waals surface area (Å²) in [6.45, 7) is 3.60. The van der Waals surface area contributed by atoms with Crippen molar-refractivity contribution in [3.05, 3.63) is 53.7 Å². The maximum Gasteiger partial charge on any atom is 0.240 e. The van der Waals surface area contributed by atoms with Crippen LogP contribution in [0.4, 0.5) is 4.39 Å². The molecule has 1 N–H and O–H groups in total. The van der Waals surface area contributed by atoms with Crippen LogP contribution in [0.1, 0.15) is 36.6 Å². The van der Waals surface area contributed by atoms with Crippen LogP contribution in [0.5, 0.6) is 0 Å². The van der Waals surface area contributed by atoms with E-state index in [1.54, 1.807) is 19.3 Å². The predicted molar refractivity (Wildman–Crippen MR) is 93.2 cm³/mol. The first-order valence-corrected chi connectivity index (χ1v) is 9.99. The molecule has 1 atom stereocenters. The van der Waals surface area contributed by atoms with E-state index < -0.39 is 15.8 Å². The molecule has 0 spiro atoms. The minimum atomic E-state index is -3.78. The van der Waals surface area contributed by atoms with Crippen molar-refractivity contribution < 1.29 is 17.2 Å². The number of benzene rings is 1. The molecule has 2 aromatic rings. The minimum Gasteiger partial charge on any atom is -0.468 e. The highest BCUT2D eigenvalue weighted by Gasteiger charge is 2.26. The zero-order valence-electron chi connectivity index (χ0n) is 14.2. The normalized spacial score (nSPS) is 17.5. The molecule has 1 saturated heterocycles. The molecule has 0 radical (unpaired) electrons. The van der Waals surface area contributed by atoms with Crippen molar-refractivity contribution in [1.29, 1.82) is 0 Å². The Bertz CT molecular complexity index is 800. The standard InChI is InChI=1S/C18H23FN2O3S/c1-14-7-8-15(12-16(14)19)25(22,23)20-13-17(18-6-5-11-24-18)21-9-3-2-4-10-21/h5-8,11-12,17,20H,2-4,9-10,13H2,1H3. The van der Waals surface area contributed by atoms with Gasteiger partial charge in [-0.05, 0) is 62.7 Å². The first-order valence-electron chi connectivity index (χ1n) is 8.50. The van der Waals surface area contributed by atoms with Crippen LogP contribution in [0.25, 0.3) is 0 Å². The number of nitrogens with one attached hydrogen (secondary N) is 1. The molecule has 1 aromatic heterocycles. The van der Waals surface area contributed by atoms with Gasteiger partial charge in [0, 0.05) is 6.54 Å². The maximum absolute atomic E-state index is 13.7. The van der Waals surface area contributed by atoms with E-state index in [0.29, 0.717) is 5.56 Å². The number of piperidine rings is 1. The van der Waals surface area contributed by atoms with Crippen LogP contribution < -0.4 is 4.72 Å². The Morgan fingerprint density at radius 1 is 1.24 bits per heavy atom. The number of nitrogens with zero attached hydrogens (tertiary/aromatic N) is 1. The van der Waals surface area contributed by atoms with Crippen molar-refractivity contribution in [3.8, 4) is 0 Å². The molecule has 2 heterocycles. The Balaban J connectivity index is 1.76. The first kappa shape index (κ1) is 18.1. The highest BCUT2D eigenvalue weighted by molar-refractivity contribution is 7.89. The van der Waals surface area contributed by atoms with Crippen molar-refractivity contribution in [1.82, 2.24) is 9.62 Å². The molecule has 0 aliphatic carbocycles. The number of rotatable bonds is 6. The van der Waals surface area contributed by atoms with Crippen LogP contribution in [0.2, 0.25) is 0 Å². The van der Waals surface area contributed by atoms with Crippen LogP contribution in [-0.2, 0) is 10.0 Å². The van der Waals surface area contributed by atoms with Gasteiger partial charge in [0.1, 0.15) is 11.6 Å². The molecule has 5 nitrogen and oxygen atoms in total. The van der Waals surface area contributed by atoms with Gasteiger partial charge in [0.25, 0.3) is 0 Å². The maximum atomic E-state index is 13.7. The Kier molecular flexibility index (Phi) is 5.56.